The van der Waals surface area contributed by atoms with Crippen LogP contribution in [-0.4, -0.2) is 41.7 Å². The number of esters is 1. The molecule has 4 aromatic rings. The van der Waals surface area contributed by atoms with Crippen molar-refractivity contribution in [2.24, 2.45) is 0 Å². The number of nitrogens with zero attached hydrogens (tertiary/aromatic N) is 2. The summed E-state index contributed by atoms with van der Waals surface area (Å²) in [5, 5.41) is 11.0. The van der Waals surface area contributed by atoms with Gasteiger partial charge in [0.15, 0.2) is 0 Å². The van der Waals surface area contributed by atoms with Gasteiger partial charge >= 0.3 is 5.97 Å². The maximum atomic E-state index is 13.5. The van der Waals surface area contributed by atoms with Crippen molar-refractivity contribution >= 4 is 38.5 Å². The summed E-state index contributed by atoms with van der Waals surface area (Å²) in [6.07, 6.45) is 0. The predicted octanol–water partition coefficient (Wildman–Crippen LogP) is 4.01. The van der Waals surface area contributed by atoms with Crippen LogP contribution in [0, 0.1) is 0 Å². The summed E-state index contributed by atoms with van der Waals surface area (Å²) < 4.78 is 12.0. The summed E-state index contributed by atoms with van der Waals surface area (Å²) in [6.45, 7) is 2.14. The van der Waals surface area contributed by atoms with Crippen LogP contribution in [0.1, 0.15) is 23.0 Å². The predicted molar refractivity (Wildman–Crippen MR) is 116 cm³/mol. The van der Waals surface area contributed by atoms with Gasteiger partial charge in [-0.25, -0.2) is 9.78 Å². The zero-order valence-corrected chi connectivity index (χ0v) is 17.6. The lowest BCUT2D eigenvalue weighted by Crippen LogP contribution is -2.17. The molecule has 0 spiro atoms. The van der Waals surface area contributed by atoms with Crippen molar-refractivity contribution in [3.8, 4) is 16.3 Å². The number of hydrogen-bond donors (Lipinski definition) is 1. The molecular weight excluding hydrogens is 404 g/mol. The highest BCUT2D eigenvalue weighted by atomic mass is 32.1. The Kier molecular flexibility index (Phi) is 5.27. The molecule has 30 heavy (non-hydrogen) atoms. The van der Waals surface area contributed by atoms with Crippen molar-refractivity contribution in [3.05, 3.63) is 57.9 Å². The van der Waals surface area contributed by atoms with Gasteiger partial charge in [0.25, 0.3) is 0 Å². The SMILES string of the molecule is CCOC(=O)c1oc2c(CN(C)C)c(O)ccc2c(=O)c1-c1nc2ccccc2s1. The Bertz CT molecular complexity index is 1290. The summed E-state index contributed by atoms with van der Waals surface area (Å²) >= 11 is 1.30. The first-order chi connectivity index (χ1) is 14.4. The lowest BCUT2D eigenvalue weighted by molar-refractivity contribution is 0.0492. The molecule has 2 heterocycles. The fourth-order valence-corrected chi connectivity index (χ4v) is 4.29. The smallest absolute Gasteiger partial charge is 0.375 e. The highest BCUT2D eigenvalue weighted by Gasteiger charge is 2.27. The normalized spacial score (nSPS) is 11.5. The van der Waals surface area contributed by atoms with Crippen LogP contribution in [0.4, 0.5) is 0 Å². The minimum atomic E-state index is -0.745. The lowest BCUT2D eigenvalue weighted by Gasteiger charge is -2.14. The van der Waals surface area contributed by atoms with Crippen LogP contribution in [0.15, 0.2) is 45.6 Å². The van der Waals surface area contributed by atoms with Gasteiger partial charge in [0.2, 0.25) is 11.2 Å². The largest absolute Gasteiger partial charge is 0.507 e. The van der Waals surface area contributed by atoms with Gasteiger partial charge in [-0.3, -0.25) is 4.79 Å². The number of ether oxygens (including phenoxy) is 1. The molecule has 7 nitrogen and oxygen atoms in total. The Labute approximate surface area is 176 Å². The number of aromatic nitrogens is 1. The Morgan fingerprint density at radius 1 is 1.23 bits per heavy atom. The van der Waals surface area contributed by atoms with Gasteiger partial charge in [-0.2, -0.15) is 0 Å². The maximum Gasteiger partial charge on any atom is 0.375 e. The number of phenolic OH excluding ortho intramolecular Hbond substituents is 1. The second-order valence-corrected chi connectivity index (χ2v) is 8.05. The zero-order valence-electron chi connectivity index (χ0n) is 16.8. The number of fused-ring (bicyclic) bond motifs is 2. The van der Waals surface area contributed by atoms with Crippen LogP contribution in [0.3, 0.4) is 0 Å². The number of aromatic hydroxyl groups is 1. The molecule has 0 radical (unpaired) electrons. The molecule has 0 aliphatic carbocycles. The number of rotatable bonds is 5. The van der Waals surface area contributed by atoms with E-state index in [4.69, 9.17) is 9.15 Å². The molecule has 0 aliphatic rings. The molecule has 0 saturated heterocycles. The number of thiazole rings is 1. The molecule has 0 saturated carbocycles. The first-order valence-electron chi connectivity index (χ1n) is 9.40. The molecule has 154 valence electrons. The van der Waals surface area contributed by atoms with Gasteiger partial charge in [0, 0.05) is 6.54 Å². The first-order valence-corrected chi connectivity index (χ1v) is 10.2. The minimum absolute atomic E-state index is 0.0121. The molecule has 0 bridgehead atoms. The third-order valence-corrected chi connectivity index (χ3v) is 5.64. The van der Waals surface area contributed by atoms with Gasteiger partial charge < -0.3 is 19.2 Å². The topological polar surface area (TPSA) is 92.9 Å². The summed E-state index contributed by atoms with van der Waals surface area (Å²) in [5.74, 6) is -0.967. The molecule has 2 aromatic carbocycles. The van der Waals surface area contributed by atoms with E-state index in [2.05, 4.69) is 4.98 Å². The van der Waals surface area contributed by atoms with Crippen LogP contribution in [0.25, 0.3) is 31.8 Å². The van der Waals surface area contributed by atoms with Crippen LogP contribution < -0.4 is 5.43 Å². The number of para-hydroxylation sites is 1. The molecule has 0 amide bonds. The lowest BCUT2D eigenvalue weighted by atomic mass is 10.1. The van der Waals surface area contributed by atoms with E-state index in [9.17, 15) is 14.7 Å². The molecule has 4 rings (SSSR count). The molecular formula is C22H20N2O5S. The number of carbonyl (C=O) groups is 1. The van der Waals surface area contributed by atoms with Crippen molar-refractivity contribution < 1.29 is 19.1 Å². The second-order valence-electron chi connectivity index (χ2n) is 7.02. The quantitative estimate of drug-likeness (QED) is 0.484. The molecule has 0 fully saturated rings. The molecule has 1 N–H and O–H groups in total. The number of benzene rings is 2. The van der Waals surface area contributed by atoms with Crippen LogP contribution >= 0.6 is 11.3 Å². The highest BCUT2D eigenvalue weighted by Crippen LogP contribution is 2.34. The van der Waals surface area contributed by atoms with E-state index in [0.29, 0.717) is 17.1 Å². The maximum absolute atomic E-state index is 13.5. The van der Waals surface area contributed by atoms with Crippen molar-refractivity contribution in [1.29, 1.82) is 0 Å². The van der Waals surface area contributed by atoms with E-state index in [1.165, 1.54) is 23.5 Å². The Morgan fingerprint density at radius 3 is 2.70 bits per heavy atom. The second kappa shape index (κ2) is 7.89. The summed E-state index contributed by atoms with van der Waals surface area (Å²) in [6, 6.07) is 10.4. The summed E-state index contributed by atoms with van der Waals surface area (Å²) in [4.78, 5) is 32.6. The monoisotopic (exact) mass is 424 g/mol. The van der Waals surface area contributed by atoms with Gasteiger partial charge in [-0.1, -0.05) is 12.1 Å². The fourth-order valence-electron chi connectivity index (χ4n) is 3.29. The van der Waals surface area contributed by atoms with E-state index in [0.717, 1.165) is 10.2 Å². The fraction of sp³-hybridized carbons (Fsp3) is 0.227. The van der Waals surface area contributed by atoms with Crippen LogP contribution in [0.2, 0.25) is 0 Å². The number of carbonyl (C=O) groups excluding carboxylic acids is 1. The number of phenols is 1. The van der Waals surface area contributed by atoms with Crippen molar-refractivity contribution in [1.82, 2.24) is 9.88 Å². The van der Waals surface area contributed by atoms with E-state index >= 15 is 0 Å². The standard InChI is InChI=1S/C22H20N2O5S/c1-4-28-22(27)20-17(21-23-14-7-5-6-8-16(14)30-21)18(26)12-9-10-15(25)13(11-24(2)3)19(12)29-20/h5-10,25H,4,11H2,1-3H3. The highest BCUT2D eigenvalue weighted by molar-refractivity contribution is 7.21. The van der Waals surface area contributed by atoms with Crippen molar-refractivity contribution in [2.75, 3.05) is 20.7 Å². The van der Waals surface area contributed by atoms with Crippen LogP contribution in [-0.2, 0) is 11.3 Å². The zero-order chi connectivity index (χ0) is 21.4. The third kappa shape index (κ3) is 3.44. The summed E-state index contributed by atoms with van der Waals surface area (Å²) in [5.41, 5.74) is 1.01. The molecule has 2 aromatic heterocycles. The van der Waals surface area contributed by atoms with Crippen molar-refractivity contribution in [3.63, 3.8) is 0 Å². The Morgan fingerprint density at radius 2 is 2.00 bits per heavy atom. The minimum Gasteiger partial charge on any atom is -0.507 e. The molecule has 0 aliphatic heterocycles. The summed E-state index contributed by atoms with van der Waals surface area (Å²) in [7, 11) is 3.66. The van der Waals surface area contributed by atoms with Crippen LogP contribution in [0.5, 0.6) is 5.75 Å². The van der Waals surface area contributed by atoms with Gasteiger partial charge in [-0.15, -0.1) is 11.3 Å². The van der Waals surface area contributed by atoms with Gasteiger partial charge in [-0.05, 0) is 45.3 Å². The average molecular weight is 424 g/mol. The van der Waals surface area contributed by atoms with E-state index in [1.54, 1.807) is 6.92 Å². The van der Waals surface area contributed by atoms with Gasteiger partial charge in [0.05, 0.1) is 27.8 Å². The Hall–Kier alpha value is -3.23. The van der Waals surface area contributed by atoms with E-state index in [1.807, 2.05) is 43.3 Å². The van der Waals surface area contributed by atoms with E-state index < -0.39 is 11.4 Å². The Balaban J connectivity index is 2.07. The van der Waals surface area contributed by atoms with Gasteiger partial charge in [0.1, 0.15) is 21.9 Å². The average Bonchev–Trinajstić information content (AvgIpc) is 3.13. The molecule has 8 heteroatoms. The molecule has 0 unspecified atom stereocenters. The van der Waals surface area contributed by atoms with E-state index in [-0.39, 0.29) is 34.6 Å². The molecule has 0 atom stereocenters. The van der Waals surface area contributed by atoms with Crippen molar-refractivity contribution in [2.45, 2.75) is 13.5 Å². The first kappa shape index (κ1) is 20.1. The third-order valence-electron chi connectivity index (χ3n) is 4.58. The number of hydrogen-bond acceptors (Lipinski definition) is 8.